The molecular formula is C25H36F2N2O6. The first-order valence-electron chi connectivity index (χ1n) is 11.9. The molecule has 0 saturated carbocycles. The van der Waals surface area contributed by atoms with E-state index >= 15 is 0 Å². The normalized spacial score (nSPS) is 21.3. The van der Waals surface area contributed by atoms with Gasteiger partial charge in [-0.1, -0.05) is 32.4 Å². The summed E-state index contributed by atoms with van der Waals surface area (Å²) in [5.74, 6) is -2.59. The predicted molar refractivity (Wildman–Crippen MR) is 125 cm³/mol. The molecule has 0 aromatic heterocycles. The fraction of sp³-hybridized carbons (Fsp3) is 0.600. The molecule has 35 heavy (non-hydrogen) atoms. The zero-order valence-electron chi connectivity index (χ0n) is 20.4. The van der Waals surface area contributed by atoms with Gasteiger partial charge in [0.1, 0.15) is 36.0 Å². The molecule has 1 aliphatic rings. The Balaban J connectivity index is 2.07. The van der Waals surface area contributed by atoms with Crippen molar-refractivity contribution in [3.63, 3.8) is 0 Å². The molecule has 1 fully saturated rings. The summed E-state index contributed by atoms with van der Waals surface area (Å²) < 4.78 is 32.2. The number of rotatable bonds is 11. The highest BCUT2D eigenvalue weighted by molar-refractivity contribution is 5.89. The molecule has 4 N–H and O–H groups in total. The van der Waals surface area contributed by atoms with Crippen LogP contribution in [0.25, 0.3) is 0 Å². The van der Waals surface area contributed by atoms with Crippen molar-refractivity contribution in [3.8, 4) is 0 Å². The van der Waals surface area contributed by atoms with Gasteiger partial charge in [-0.05, 0) is 42.9 Å². The molecule has 8 nitrogen and oxygen atoms in total. The Morgan fingerprint density at radius 1 is 1.17 bits per heavy atom. The van der Waals surface area contributed by atoms with Gasteiger partial charge in [0.25, 0.3) is 5.91 Å². The summed E-state index contributed by atoms with van der Waals surface area (Å²) in [6, 6.07) is 2.10. The highest BCUT2D eigenvalue weighted by Gasteiger charge is 2.37. The number of allylic oxidation sites excluding steroid dienone is 1. The van der Waals surface area contributed by atoms with E-state index in [1.807, 2.05) is 13.8 Å². The lowest BCUT2D eigenvalue weighted by Gasteiger charge is -2.29. The second-order valence-corrected chi connectivity index (χ2v) is 8.99. The van der Waals surface area contributed by atoms with Crippen LogP contribution in [0, 0.1) is 17.6 Å². The highest BCUT2D eigenvalue weighted by atomic mass is 19.1. The molecule has 1 heterocycles. The van der Waals surface area contributed by atoms with Crippen molar-refractivity contribution in [2.75, 3.05) is 13.7 Å². The zero-order valence-corrected chi connectivity index (χ0v) is 20.4. The lowest BCUT2D eigenvalue weighted by molar-refractivity contribution is -0.151. The van der Waals surface area contributed by atoms with Crippen molar-refractivity contribution in [1.82, 2.24) is 10.2 Å². The van der Waals surface area contributed by atoms with Crippen LogP contribution in [0.1, 0.15) is 45.1 Å². The summed E-state index contributed by atoms with van der Waals surface area (Å²) in [4.78, 5) is 27.4. The van der Waals surface area contributed by atoms with Gasteiger partial charge in [-0.3, -0.25) is 9.59 Å². The number of amides is 2. The first-order chi connectivity index (χ1) is 16.6. The molecule has 0 aliphatic carbocycles. The average Bonchev–Trinajstić information content (AvgIpc) is 2.97. The Morgan fingerprint density at radius 2 is 1.83 bits per heavy atom. The summed E-state index contributed by atoms with van der Waals surface area (Å²) in [7, 11) is 1.17. The predicted octanol–water partition coefficient (Wildman–Crippen LogP) is 1.66. The van der Waals surface area contributed by atoms with E-state index in [2.05, 4.69) is 5.32 Å². The summed E-state index contributed by atoms with van der Waals surface area (Å²) in [6.45, 7) is 4.22. The Labute approximate surface area is 204 Å². The minimum atomic E-state index is -1.76. The number of carbonyl (C=O) groups is 2. The molecule has 0 bridgehead atoms. The first kappa shape index (κ1) is 28.8. The van der Waals surface area contributed by atoms with Gasteiger partial charge in [-0.15, -0.1) is 0 Å². The smallest absolute Gasteiger partial charge is 0.252 e. The van der Waals surface area contributed by atoms with E-state index in [9.17, 15) is 33.7 Å². The monoisotopic (exact) mass is 498 g/mol. The Morgan fingerprint density at radius 3 is 2.43 bits per heavy atom. The average molecular weight is 499 g/mol. The number of aliphatic hydroxyl groups is 3. The topological polar surface area (TPSA) is 119 Å². The standard InChI is InChI=1S/C25H36F2N2O6/c1-4-15(2)8-9-20(30)21(31)22(32)23(35-3)24(33)28-19-7-5-6-10-29(25(19)34)14-16-11-17(26)13-18(27)12-16/h8-9,11-13,15,19-23,30-32H,4-7,10,14H2,1-3H3,(H,28,33)/t15?,19?,20-,21+,22-,23-/m1/s1. The van der Waals surface area contributed by atoms with Crippen molar-refractivity contribution in [3.05, 3.63) is 47.5 Å². The van der Waals surface area contributed by atoms with Crippen LogP contribution in [0.4, 0.5) is 8.78 Å². The number of ether oxygens (including phenoxy) is 1. The second-order valence-electron chi connectivity index (χ2n) is 8.99. The Hall–Kier alpha value is -2.40. The van der Waals surface area contributed by atoms with E-state index in [0.29, 0.717) is 25.8 Å². The van der Waals surface area contributed by atoms with Crippen molar-refractivity contribution in [1.29, 1.82) is 0 Å². The maximum atomic E-state index is 13.6. The van der Waals surface area contributed by atoms with E-state index in [1.54, 1.807) is 6.08 Å². The van der Waals surface area contributed by atoms with Crippen molar-refractivity contribution in [2.45, 2.75) is 76.5 Å². The number of aliphatic hydroxyl groups excluding tert-OH is 3. The summed E-state index contributed by atoms with van der Waals surface area (Å²) in [6.07, 6.45) is -0.963. The van der Waals surface area contributed by atoms with Crippen LogP contribution in [-0.4, -0.2) is 76.1 Å². The maximum absolute atomic E-state index is 13.6. The van der Waals surface area contributed by atoms with E-state index in [4.69, 9.17) is 4.74 Å². The number of likely N-dealkylation sites (tertiary alicyclic amines) is 1. The van der Waals surface area contributed by atoms with Gasteiger partial charge >= 0.3 is 0 Å². The molecule has 1 saturated heterocycles. The van der Waals surface area contributed by atoms with E-state index in [-0.39, 0.29) is 18.0 Å². The van der Waals surface area contributed by atoms with Crippen LogP contribution in [-0.2, 0) is 20.9 Å². The van der Waals surface area contributed by atoms with Crippen LogP contribution in [0.3, 0.4) is 0 Å². The number of methoxy groups -OCH3 is 1. The Bertz CT molecular complexity index is 863. The van der Waals surface area contributed by atoms with E-state index in [1.165, 1.54) is 18.1 Å². The number of nitrogens with one attached hydrogen (secondary N) is 1. The van der Waals surface area contributed by atoms with Crippen molar-refractivity contribution >= 4 is 11.8 Å². The molecule has 10 heteroatoms. The molecule has 2 unspecified atom stereocenters. The number of nitrogens with zero attached hydrogens (tertiary/aromatic N) is 1. The first-order valence-corrected chi connectivity index (χ1v) is 11.9. The summed E-state index contributed by atoms with van der Waals surface area (Å²) in [5.41, 5.74) is 0.288. The zero-order chi connectivity index (χ0) is 26.1. The highest BCUT2D eigenvalue weighted by Crippen LogP contribution is 2.18. The second kappa shape index (κ2) is 13.6. The molecule has 0 radical (unpaired) electrons. The molecule has 1 aromatic rings. The fourth-order valence-electron chi connectivity index (χ4n) is 3.91. The van der Waals surface area contributed by atoms with Gasteiger partial charge in [-0.2, -0.15) is 0 Å². The number of halogens is 2. The van der Waals surface area contributed by atoms with Crippen LogP contribution < -0.4 is 5.32 Å². The van der Waals surface area contributed by atoms with Gasteiger partial charge in [-0.25, -0.2) is 8.78 Å². The molecule has 0 spiro atoms. The van der Waals surface area contributed by atoms with Gasteiger partial charge < -0.3 is 30.3 Å². The van der Waals surface area contributed by atoms with Crippen molar-refractivity contribution in [2.24, 2.45) is 5.92 Å². The molecule has 2 rings (SSSR count). The quantitative estimate of drug-likeness (QED) is 0.345. The van der Waals surface area contributed by atoms with Gasteiger partial charge in [0.2, 0.25) is 5.91 Å². The molecule has 1 aliphatic heterocycles. The van der Waals surface area contributed by atoms with Gasteiger partial charge in [0.15, 0.2) is 6.10 Å². The molecular weight excluding hydrogens is 462 g/mol. The molecule has 1 aromatic carbocycles. The maximum Gasteiger partial charge on any atom is 0.252 e. The molecule has 6 atom stereocenters. The van der Waals surface area contributed by atoms with Gasteiger partial charge in [0.05, 0.1) is 0 Å². The van der Waals surface area contributed by atoms with Gasteiger partial charge in [0, 0.05) is 26.3 Å². The van der Waals surface area contributed by atoms with E-state index in [0.717, 1.165) is 24.6 Å². The number of carbonyl (C=O) groups excluding carboxylic acids is 2. The fourth-order valence-corrected chi connectivity index (χ4v) is 3.91. The van der Waals surface area contributed by atoms with Crippen LogP contribution in [0.5, 0.6) is 0 Å². The van der Waals surface area contributed by atoms with E-state index < -0.39 is 53.9 Å². The molecule has 196 valence electrons. The summed E-state index contributed by atoms with van der Waals surface area (Å²) in [5, 5.41) is 33.6. The Kier molecular flexibility index (Phi) is 11.2. The van der Waals surface area contributed by atoms with Crippen molar-refractivity contribution < 1.29 is 38.4 Å². The SMILES string of the molecule is CCC(C)C=C[C@@H](O)[C@H](O)[C@@H](O)[C@@H](OC)C(=O)NC1CCCCN(Cc2cc(F)cc(F)c2)C1=O. The third-order valence-corrected chi connectivity index (χ3v) is 6.20. The minimum Gasteiger partial charge on any atom is -0.387 e. The number of hydrogen-bond donors (Lipinski definition) is 4. The third kappa shape index (κ3) is 8.34. The largest absolute Gasteiger partial charge is 0.387 e. The number of benzene rings is 1. The minimum absolute atomic E-state index is 0.0242. The number of hydrogen-bond acceptors (Lipinski definition) is 6. The summed E-state index contributed by atoms with van der Waals surface area (Å²) >= 11 is 0. The van der Waals surface area contributed by atoms with Crippen LogP contribution >= 0.6 is 0 Å². The van der Waals surface area contributed by atoms with Crippen LogP contribution in [0.15, 0.2) is 30.4 Å². The lowest BCUT2D eigenvalue weighted by Crippen LogP contribution is -2.55. The van der Waals surface area contributed by atoms with Crippen LogP contribution in [0.2, 0.25) is 0 Å². The lowest BCUT2D eigenvalue weighted by atomic mass is 9.99. The molecule has 2 amide bonds. The third-order valence-electron chi connectivity index (χ3n) is 6.20.